The minimum absolute atomic E-state index is 0.154. The Morgan fingerprint density at radius 1 is 1.36 bits per heavy atom. The van der Waals surface area contributed by atoms with Crippen LogP contribution in [-0.2, 0) is 4.74 Å². The summed E-state index contributed by atoms with van der Waals surface area (Å²) in [5.74, 6) is 0.211. The molecule has 2 fully saturated rings. The molecule has 0 spiro atoms. The summed E-state index contributed by atoms with van der Waals surface area (Å²) in [4.78, 5) is 29.9. The van der Waals surface area contributed by atoms with Crippen molar-refractivity contribution in [2.24, 2.45) is 4.99 Å². The minimum Gasteiger partial charge on any atom is -0.493 e. The van der Waals surface area contributed by atoms with Gasteiger partial charge in [-0.25, -0.2) is 9.79 Å². The molecule has 146 valence electrons. The van der Waals surface area contributed by atoms with Gasteiger partial charge < -0.3 is 20.1 Å². The molecule has 3 aromatic heterocycles. The Morgan fingerprint density at radius 2 is 2.25 bits per heavy atom. The van der Waals surface area contributed by atoms with Crippen LogP contribution < -0.4 is 21.8 Å². The standard InChI is InChI=1S/C17H20N8O3/c26-14-12(21-17(27)23-14)6-9-7-19-25-13(9)22-15(18-8-11-2-1-5-28-11)24-16(25)20-10-3-4-10/h6-7,10-11,26H,1-5,8H2,(H,18,20,24)(H2,21,23,27)/b9-6-. The molecule has 1 aliphatic carbocycles. The van der Waals surface area contributed by atoms with Gasteiger partial charge in [0.05, 0.1) is 18.3 Å². The monoisotopic (exact) mass is 384 g/mol. The van der Waals surface area contributed by atoms with Crippen LogP contribution >= 0.6 is 0 Å². The predicted octanol–water partition coefficient (Wildman–Crippen LogP) is -0.952. The molecule has 4 N–H and O–H groups in total. The molecule has 0 bridgehead atoms. The van der Waals surface area contributed by atoms with Crippen molar-refractivity contribution in [3.63, 3.8) is 0 Å². The molecule has 1 aliphatic heterocycles. The number of fused-ring (bicyclic) bond motifs is 1. The van der Waals surface area contributed by atoms with Crippen LogP contribution in [0.1, 0.15) is 31.4 Å². The first-order chi connectivity index (χ1) is 13.7. The number of hydrogen-bond donors (Lipinski definition) is 4. The van der Waals surface area contributed by atoms with Crippen LogP contribution in [0.4, 0.5) is 5.95 Å². The van der Waals surface area contributed by atoms with Crippen molar-refractivity contribution >= 4 is 17.7 Å². The van der Waals surface area contributed by atoms with Crippen molar-refractivity contribution in [2.75, 3.05) is 18.5 Å². The van der Waals surface area contributed by atoms with E-state index in [1.54, 1.807) is 16.8 Å². The fourth-order valence-electron chi connectivity index (χ4n) is 3.17. The summed E-state index contributed by atoms with van der Waals surface area (Å²) in [5, 5.41) is 18.0. The van der Waals surface area contributed by atoms with Crippen molar-refractivity contribution in [3.05, 3.63) is 33.2 Å². The van der Waals surface area contributed by atoms with Crippen LogP contribution in [0.2, 0.25) is 0 Å². The molecule has 0 aromatic carbocycles. The molecular formula is C17H20N8O3. The van der Waals surface area contributed by atoms with Crippen LogP contribution in [0, 0.1) is 0 Å². The maximum Gasteiger partial charge on any atom is 0.326 e. The molecular weight excluding hydrogens is 364 g/mol. The van der Waals surface area contributed by atoms with E-state index in [9.17, 15) is 9.90 Å². The number of imidazole rings is 1. The molecule has 11 heteroatoms. The van der Waals surface area contributed by atoms with Gasteiger partial charge in [0.25, 0.3) is 5.62 Å². The van der Waals surface area contributed by atoms with Gasteiger partial charge in [-0.05, 0) is 31.8 Å². The summed E-state index contributed by atoms with van der Waals surface area (Å²) < 4.78 is 7.21. The van der Waals surface area contributed by atoms with Crippen molar-refractivity contribution in [3.8, 4) is 5.88 Å². The van der Waals surface area contributed by atoms with Crippen LogP contribution in [0.5, 0.6) is 5.88 Å². The number of anilines is 1. The van der Waals surface area contributed by atoms with E-state index in [0.29, 0.717) is 29.0 Å². The Morgan fingerprint density at radius 3 is 2.96 bits per heavy atom. The fraction of sp³-hybridized carbons (Fsp3) is 0.471. The second-order valence-corrected chi connectivity index (χ2v) is 7.04. The zero-order chi connectivity index (χ0) is 19.1. The van der Waals surface area contributed by atoms with Crippen LogP contribution in [0.15, 0.2) is 16.0 Å². The lowest BCUT2D eigenvalue weighted by atomic mass is 10.2. The van der Waals surface area contributed by atoms with Gasteiger partial charge in [0.15, 0.2) is 5.65 Å². The molecule has 11 nitrogen and oxygen atoms in total. The molecule has 1 saturated heterocycles. The van der Waals surface area contributed by atoms with Crippen molar-refractivity contribution in [2.45, 2.75) is 37.8 Å². The highest BCUT2D eigenvalue weighted by atomic mass is 16.5. The van der Waals surface area contributed by atoms with E-state index in [0.717, 1.165) is 32.3 Å². The van der Waals surface area contributed by atoms with Gasteiger partial charge in [-0.3, -0.25) is 4.98 Å². The van der Waals surface area contributed by atoms with E-state index in [-0.39, 0.29) is 23.7 Å². The number of rotatable bonds is 5. The van der Waals surface area contributed by atoms with Crippen molar-refractivity contribution in [1.82, 2.24) is 29.5 Å². The molecule has 3 aromatic rings. The van der Waals surface area contributed by atoms with Crippen molar-refractivity contribution in [1.29, 1.82) is 0 Å². The summed E-state index contributed by atoms with van der Waals surface area (Å²) in [6.07, 6.45) is 7.53. The second-order valence-electron chi connectivity index (χ2n) is 7.04. The largest absolute Gasteiger partial charge is 0.493 e. The molecule has 1 atom stereocenters. The summed E-state index contributed by atoms with van der Waals surface area (Å²) in [5.41, 5.74) is 0.783. The number of nitrogens with zero attached hydrogens (tertiary/aromatic N) is 5. The molecule has 5 rings (SSSR count). The third kappa shape index (κ3) is 3.36. The molecule has 0 radical (unpaired) electrons. The quantitative estimate of drug-likeness (QED) is 0.443. The molecule has 1 unspecified atom stereocenters. The van der Waals surface area contributed by atoms with Crippen molar-refractivity contribution < 1.29 is 9.84 Å². The van der Waals surface area contributed by atoms with Gasteiger partial charge >= 0.3 is 5.69 Å². The number of ether oxygens (including phenoxy) is 1. The fourth-order valence-corrected chi connectivity index (χ4v) is 3.17. The zero-order valence-electron chi connectivity index (χ0n) is 15.1. The number of nitrogens with one attached hydrogen (secondary N) is 3. The first-order valence-electron chi connectivity index (χ1n) is 9.34. The van der Waals surface area contributed by atoms with Gasteiger partial charge in [-0.15, -0.1) is 0 Å². The summed E-state index contributed by atoms with van der Waals surface area (Å²) >= 11 is 0. The molecule has 0 amide bonds. The Bertz CT molecular complexity index is 1180. The van der Waals surface area contributed by atoms with E-state index in [1.165, 1.54) is 0 Å². The molecule has 28 heavy (non-hydrogen) atoms. The maximum atomic E-state index is 11.4. The Labute approximate surface area is 158 Å². The SMILES string of the molecule is O=c1[nH]c(O)c(/C=c2/cnn3c(=NC4CC4)nc(NCC4CCCO4)nc23)[nH]1. The van der Waals surface area contributed by atoms with Crippen LogP contribution in [0.3, 0.4) is 0 Å². The lowest BCUT2D eigenvalue weighted by Crippen LogP contribution is -2.27. The second kappa shape index (κ2) is 6.75. The lowest BCUT2D eigenvalue weighted by molar-refractivity contribution is 0.120. The summed E-state index contributed by atoms with van der Waals surface area (Å²) in [6, 6.07) is 0.269. The molecule has 4 heterocycles. The van der Waals surface area contributed by atoms with E-state index in [1.807, 2.05) is 0 Å². The third-order valence-electron chi connectivity index (χ3n) is 4.77. The predicted molar refractivity (Wildman–Crippen MR) is 98.7 cm³/mol. The van der Waals surface area contributed by atoms with E-state index < -0.39 is 5.69 Å². The highest BCUT2D eigenvalue weighted by Crippen LogP contribution is 2.22. The Hall–Kier alpha value is -3.21. The summed E-state index contributed by atoms with van der Waals surface area (Å²) in [6.45, 7) is 1.41. The average Bonchev–Trinajstić information content (AvgIpc) is 3.05. The van der Waals surface area contributed by atoms with Gasteiger partial charge in [0.2, 0.25) is 11.8 Å². The van der Waals surface area contributed by atoms with Gasteiger partial charge in [0.1, 0.15) is 5.69 Å². The van der Waals surface area contributed by atoms with Gasteiger partial charge in [-0.1, -0.05) is 0 Å². The number of H-pyrrole nitrogens is 2. The topological polar surface area (TPSA) is 146 Å². The van der Waals surface area contributed by atoms with E-state index in [4.69, 9.17) is 4.74 Å². The van der Waals surface area contributed by atoms with Gasteiger partial charge in [-0.2, -0.15) is 19.6 Å². The van der Waals surface area contributed by atoms with Crippen LogP contribution in [-0.4, -0.2) is 60.0 Å². The third-order valence-corrected chi connectivity index (χ3v) is 4.77. The van der Waals surface area contributed by atoms with Crippen LogP contribution in [0.25, 0.3) is 11.7 Å². The number of aromatic amines is 2. The average molecular weight is 384 g/mol. The highest BCUT2D eigenvalue weighted by molar-refractivity contribution is 5.57. The maximum absolute atomic E-state index is 11.4. The Balaban J connectivity index is 1.59. The smallest absolute Gasteiger partial charge is 0.326 e. The first-order valence-corrected chi connectivity index (χ1v) is 9.34. The molecule has 2 aliphatic rings. The normalized spacial score (nSPS) is 21.1. The van der Waals surface area contributed by atoms with Gasteiger partial charge in [0, 0.05) is 18.4 Å². The molecule has 1 saturated carbocycles. The zero-order valence-corrected chi connectivity index (χ0v) is 15.1. The highest BCUT2D eigenvalue weighted by Gasteiger charge is 2.21. The van der Waals surface area contributed by atoms with E-state index >= 15 is 0 Å². The lowest BCUT2D eigenvalue weighted by Gasteiger charge is -2.10. The minimum atomic E-state index is -0.488. The number of aromatic nitrogens is 6. The Kier molecular flexibility index (Phi) is 4.08. The number of aromatic hydroxyl groups is 1. The summed E-state index contributed by atoms with van der Waals surface area (Å²) in [7, 11) is 0. The van der Waals surface area contributed by atoms with E-state index in [2.05, 4.69) is 35.3 Å². The first kappa shape index (κ1) is 16.9. The number of hydrogen-bond acceptors (Lipinski definition) is 8.